The van der Waals surface area contributed by atoms with Crippen molar-refractivity contribution in [1.82, 2.24) is 4.57 Å². The maximum atomic E-state index is 14.0. The van der Waals surface area contributed by atoms with Gasteiger partial charge in [0.05, 0.1) is 48.2 Å². The zero-order valence-corrected chi connectivity index (χ0v) is 25.3. The van der Waals surface area contributed by atoms with Gasteiger partial charge >= 0.3 is 5.97 Å². The van der Waals surface area contributed by atoms with E-state index >= 15 is 0 Å². The van der Waals surface area contributed by atoms with Gasteiger partial charge < -0.3 is 18.9 Å². The minimum Gasteiger partial charge on any atom is -0.496 e. The molecule has 0 saturated heterocycles. The number of ether oxygens (including phenoxy) is 4. The van der Waals surface area contributed by atoms with E-state index in [1.54, 1.807) is 51.5 Å². The standard InChI is InChI=1S/C28H28BrClN2O6S/c1-6-8-19-23(27(34)38-7-2)24(17-14-16(30)9-10-20(17)35-3)32-26(33)22(39-28(32)31-19)13-15-11-18(29)25(37-5)21(12-15)36-4/h9-14,24H,6-8H2,1-5H3/b22-13+/t24-/m0/s1. The smallest absolute Gasteiger partial charge is 0.338 e. The van der Waals surface area contributed by atoms with Crippen LogP contribution in [0.2, 0.25) is 5.02 Å². The summed E-state index contributed by atoms with van der Waals surface area (Å²) in [6.07, 6.45) is 3.03. The number of hydrogen-bond acceptors (Lipinski definition) is 8. The summed E-state index contributed by atoms with van der Waals surface area (Å²) in [5.74, 6) is 1.02. The maximum Gasteiger partial charge on any atom is 0.338 e. The molecule has 39 heavy (non-hydrogen) atoms. The van der Waals surface area contributed by atoms with E-state index in [2.05, 4.69) is 15.9 Å². The second-order valence-corrected chi connectivity index (χ2v) is 10.8. The van der Waals surface area contributed by atoms with Crippen LogP contribution in [0, 0.1) is 0 Å². The maximum absolute atomic E-state index is 14.0. The molecule has 0 saturated carbocycles. The van der Waals surface area contributed by atoms with Crippen molar-refractivity contribution < 1.29 is 23.7 Å². The Balaban J connectivity index is 2.04. The van der Waals surface area contributed by atoms with Crippen molar-refractivity contribution in [1.29, 1.82) is 0 Å². The molecule has 1 aromatic heterocycles. The van der Waals surface area contributed by atoms with Crippen molar-refractivity contribution in [3.8, 4) is 17.2 Å². The van der Waals surface area contributed by atoms with E-state index in [4.69, 9.17) is 35.5 Å². The molecule has 8 nitrogen and oxygen atoms in total. The summed E-state index contributed by atoms with van der Waals surface area (Å²) in [6, 6.07) is 7.91. The Hall–Kier alpha value is -3.08. The number of hydrogen-bond donors (Lipinski definition) is 0. The predicted molar refractivity (Wildman–Crippen MR) is 155 cm³/mol. The van der Waals surface area contributed by atoms with Gasteiger partial charge in [-0.05, 0) is 71.2 Å². The minimum absolute atomic E-state index is 0.180. The van der Waals surface area contributed by atoms with Crippen LogP contribution in [0.5, 0.6) is 17.2 Å². The minimum atomic E-state index is -0.838. The van der Waals surface area contributed by atoms with E-state index in [0.717, 1.165) is 12.0 Å². The van der Waals surface area contributed by atoms with E-state index in [1.165, 1.54) is 23.0 Å². The van der Waals surface area contributed by atoms with Crippen LogP contribution in [-0.4, -0.2) is 38.5 Å². The first-order valence-electron chi connectivity index (χ1n) is 12.2. The van der Waals surface area contributed by atoms with E-state index in [9.17, 15) is 9.59 Å². The third kappa shape index (κ3) is 5.64. The van der Waals surface area contributed by atoms with E-state index < -0.39 is 12.0 Å². The lowest BCUT2D eigenvalue weighted by molar-refractivity contribution is -0.139. The number of halogens is 2. The van der Waals surface area contributed by atoms with Crippen molar-refractivity contribution in [3.63, 3.8) is 0 Å². The second-order valence-electron chi connectivity index (χ2n) is 8.54. The van der Waals surface area contributed by atoms with Gasteiger partial charge in [0.2, 0.25) is 0 Å². The number of carbonyl (C=O) groups excluding carboxylic acids is 1. The molecule has 1 aliphatic heterocycles. The van der Waals surface area contributed by atoms with Crippen molar-refractivity contribution in [2.24, 2.45) is 4.99 Å². The Kier molecular flexibility index (Phi) is 9.19. The fourth-order valence-electron chi connectivity index (χ4n) is 4.51. The summed E-state index contributed by atoms with van der Waals surface area (Å²) in [5.41, 5.74) is 1.85. The van der Waals surface area contributed by atoms with Gasteiger partial charge in [0.1, 0.15) is 11.8 Å². The number of allylic oxidation sites excluding steroid dienone is 1. The average Bonchev–Trinajstić information content (AvgIpc) is 3.22. The summed E-state index contributed by atoms with van der Waals surface area (Å²) < 4.78 is 24.6. The molecule has 0 amide bonds. The van der Waals surface area contributed by atoms with Gasteiger partial charge in [0.25, 0.3) is 5.56 Å². The largest absolute Gasteiger partial charge is 0.496 e. The summed E-state index contributed by atoms with van der Waals surface area (Å²) >= 11 is 11.1. The van der Waals surface area contributed by atoms with Gasteiger partial charge in [-0.3, -0.25) is 9.36 Å². The zero-order valence-electron chi connectivity index (χ0n) is 22.2. The molecule has 0 radical (unpaired) electrons. The predicted octanol–water partition coefficient (Wildman–Crippen LogP) is 5.02. The number of benzene rings is 2. The highest BCUT2D eigenvalue weighted by Gasteiger charge is 2.36. The zero-order chi connectivity index (χ0) is 28.3. The van der Waals surface area contributed by atoms with Gasteiger partial charge in [0.15, 0.2) is 16.3 Å². The first-order chi connectivity index (χ1) is 18.8. The van der Waals surface area contributed by atoms with Crippen molar-refractivity contribution >= 4 is 50.9 Å². The van der Waals surface area contributed by atoms with Crippen LogP contribution in [0.1, 0.15) is 43.9 Å². The first kappa shape index (κ1) is 28.9. The van der Waals surface area contributed by atoms with Crippen LogP contribution in [0.15, 0.2) is 55.9 Å². The molecular formula is C28H28BrClN2O6S. The molecular weight excluding hydrogens is 608 g/mol. The van der Waals surface area contributed by atoms with Gasteiger partial charge in [-0.25, -0.2) is 9.79 Å². The lowest BCUT2D eigenvalue weighted by atomic mass is 9.93. The fraction of sp³-hybridized carbons (Fsp3) is 0.321. The Morgan fingerprint density at radius 1 is 1.13 bits per heavy atom. The average molecular weight is 636 g/mol. The number of methoxy groups -OCH3 is 3. The molecule has 0 spiro atoms. The van der Waals surface area contributed by atoms with Crippen LogP contribution in [-0.2, 0) is 9.53 Å². The van der Waals surface area contributed by atoms with E-state index in [1.807, 2.05) is 13.0 Å². The highest BCUT2D eigenvalue weighted by atomic mass is 79.9. The molecule has 0 unspecified atom stereocenters. The van der Waals surface area contributed by atoms with Gasteiger partial charge in [0, 0.05) is 10.6 Å². The topological polar surface area (TPSA) is 88.4 Å². The van der Waals surface area contributed by atoms with E-state index in [-0.39, 0.29) is 12.2 Å². The van der Waals surface area contributed by atoms with Gasteiger partial charge in [-0.1, -0.05) is 36.3 Å². The summed E-state index contributed by atoms with van der Waals surface area (Å²) in [4.78, 5) is 32.6. The van der Waals surface area contributed by atoms with Gasteiger partial charge in [-0.2, -0.15) is 0 Å². The fourth-order valence-corrected chi connectivity index (χ4v) is 6.33. The van der Waals surface area contributed by atoms with Crippen molar-refractivity contribution in [2.45, 2.75) is 32.7 Å². The van der Waals surface area contributed by atoms with Crippen molar-refractivity contribution in [2.75, 3.05) is 27.9 Å². The number of fused-ring (bicyclic) bond motifs is 1. The van der Waals surface area contributed by atoms with Crippen LogP contribution < -0.4 is 29.1 Å². The monoisotopic (exact) mass is 634 g/mol. The number of esters is 1. The number of rotatable bonds is 9. The van der Waals surface area contributed by atoms with Crippen LogP contribution in [0.25, 0.3) is 6.08 Å². The Morgan fingerprint density at radius 3 is 2.51 bits per heavy atom. The third-order valence-corrected chi connectivity index (χ3v) is 7.94. The van der Waals surface area contributed by atoms with Gasteiger partial charge in [-0.15, -0.1) is 0 Å². The first-order valence-corrected chi connectivity index (χ1v) is 14.2. The molecule has 1 aliphatic rings. The molecule has 206 valence electrons. The molecule has 0 aliphatic carbocycles. The number of carbonyl (C=O) groups is 1. The molecule has 11 heteroatoms. The molecule has 0 fully saturated rings. The summed E-state index contributed by atoms with van der Waals surface area (Å²) in [5, 5.41) is 0.445. The number of aromatic nitrogens is 1. The molecule has 1 atom stereocenters. The Labute approximate surface area is 243 Å². The third-order valence-electron chi connectivity index (χ3n) is 6.13. The Morgan fingerprint density at radius 2 is 1.87 bits per heavy atom. The molecule has 4 rings (SSSR count). The quantitative estimate of drug-likeness (QED) is 0.307. The summed E-state index contributed by atoms with van der Waals surface area (Å²) in [6.45, 7) is 3.92. The number of nitrogens with zero attached hydrogens (tertiary/aromatic N) is 2. The van der Waals surface area contributed by atoms with Crippen LogP contribution >= 0.6 is 38.9 Å². The second kappa shape index (κ2) is 12.4. The molecule has 2 aromatic carbocycles. The molecule has 0 bridgehead atoms. The molecule has 2 heterocycles. The van der Waals surface area contributed by atoms with Crippen LogP contribution in [0.3, 0.4) is 0 Å². The normalized spacial score (nSPS) is 15.1. The lowest BCUT2D eigenvalue weighted by Gasteiger charge is -2.27. The number of thiazole rings is 1. The van der Waals surface area contributed by atoms with E-state index in [0.29, 0.717) is 59.3 Å². The molecule has 3 aromatic rings. The molecule has 0 N–H and O–H groups in total. The highest BCUT2D eigenvalue weighted by molar-refractivity contribution is 9.10. The van der Waals surface area contributed by atoms with Crippen LogP contribution in [0.4, 0.5) is 0 Å². The SMILES string of the molecule is CCCC1=C(C(=O)OCC)[C@H](c2cc(Cl)ccc2OC)n2c(s/c(=C/c3cc(Br)c(OC)c(OC)c3)c2=O)=N1. The summed E-state index contributed by atoms with van der Waals surface area (Å²) in [7, 11) is 4.64. The van der Waals surface area contributed by atoms with Crippen molar-refractivity contribution in [3.05, 3.63) is 81.9 Å². The Bertz CT molecular complexity index is 1630. The lowest BCUT2D eigenvalue weighted by Crippen LogP contribution is -2.40. The highest BCUT2D eigenvalue weighted by Crippen LogP contribution is 2.39.